The van der Waals surface area contributed by atoms with Crippen molar-refractivity contribution < 1.29 is 4.79 Å². The second-order valence-electron chi connectivity index (χ2n) is 6.42. The highest BCUT2D eigenvalue weighted by atomic mass is 32.1. The van der Waals surface area contributed by atoms with Crippen LogP contribution in [0.3, 0.4) is 0 Å². The molecule has 6 nitrogen and oxygen atoms in total. The Hall–Kier alpha value is -2.30. The van der Waals surface area contributed by atoms with Crippen LogP contribution in [0.5, 0.6) is 0 Å². The number of carbonyl (C=O) groups is 1. The fourth-order valence-electron chi connectivity index (χ4n) is 3.81. The van der Waals surface area contributed by atoms with E-state index in [-0.39, 0.29) is 17.9 Å². The van der Waals surface area contributed by atoms with E-state index in [1.807, 2.05) is 31.2 Å². The van der Waals surface area contributed by atoms with E-state index < -0.39 is 5.41 Å². The van der Waals surface area contributed by atoms with Crippen LogP contribution in [0.1, 0.15) is 28.5 Å². The monoisotopic (exact) mass is 339 g/mol. The zero-order valence-corrected chi connectivity index (χ0v) is 14.3. The second-order valence-corrected chi connectivity index (χ2v) is 7.63. The third kappa shape index (κ3) is 2.00. The van der Waals surface area contributed by atoms with Crippen LogP contribution in [-0.2, 0) is 10.2 Å². The molecule has 1 spiro atoms. The minimum atomic E-state index is -0.792. The first kappa shape index (κ1) is 15.2. The molecule has 4 rings (SSSR count). The summed E-state index contributed by atoms with van der Waals surface area (Å²) < 4.78 is 0. The molecular formula is C17H17N5OS. The highest BCUT2D eigenvalue weighted by molar-refractivity contribution is 7.11. The zero-order chi connectivity index (χ0) is 16.9. The van der Waals surface area contributed by atoms with E-state index in [0.29, 0.717) is 13.1 Å². The summed E-state index contributed by atoms with van der Waals surface area (Å²) in [6.45, 7) is 5.07. The third-order valence-electron chi connectivity index (χ3n) is 5.13. The number of benzene rings is 1. The van der Waals surface area contributed by atoms with Crippen molar-refractivity contribution in [2.75, 3.05) is 18.4 Å². The van der Waals surface area contributed by atoms with Gasteiger partial charge in [0.1, 0.15) is 15.4 Å². The Labute approximate surface area is 144 Å². The van der Waals surface area contributed by atoms with Gasteiger partial charge in [-0.1, -0.05) is 18.2 Å². The molecule has 2 aliphatic heterocycles. The van der Waals surface area contributed by atoms with Crippen LogP contribution < -0.4 is 5.32 Å². The van der Waals surface area contributed by atoms with E-state index in [0.717, 1.165) is 21.3 Å². The lowest BCUT2D eigenvalue weighted by atomic mass is 9.74. The van der Waals surface area contributed by atoms with Crippen molar-refractivity contribution in [3.8, 4) is 6.07 Å². The summed E-state index contributed by atoms with van der Waals surface area (Å²) in [5.74, 6) is -0.448. The minimum absolute atomic E-state index is 0.0342. The molecule has 0 saturated carbocycles. The van der Waals surface area contributed by atoms with E-state index in [2.05, 4.69) is 33.4 Å². The maximum absolute atomic E-state index is 12.8. The molecule has 3 atom stereocenters. The van der Waals surface area contributed by atoms with Gasteiger partial charge in [0, 0.05) is 18.8 Å². The Balaban J connectivity index is 1.73. The Morgan fingerprint density at radius 3 is 2.96 bits per heavy atom. The fourth-order valence-corrected chi connectivity index (χ4v) is 4.59. The van der Waals surface area contributed by atoms with Crippen LogP contribution in [0.15, 0.2) is 24.3 Å². The molecule has 1 amide bonds. The first-order valence-electron chi connectivity index (χ1n) is 7.91. The molecule has 24 heavy (non-hydrogen) atoms. The molecule has 122 valence electrons. The molecule has 7 heteroatoms. The quantitative estimate of drug-likeness (QED) is 0.907. The summed E-state index contributed by atoms with van der Waals surface area (Å²) in [6, 6.07) is 10.1. The molecule has 3 heterocycles. The van der Waals surface area contributed by atoms with Crippen molar-refractivity contribution in [3.05, 3.63) is 39.8 Å². The summed E-state index contributed by atoms with van der Waals surface area (Å²) in [7, 11) is 0. The van der Waals surface area contributed by atoms with Gasteiger partial charge in [0.2, 0.25) is 5.91 Å². The largest absolute Gasteiger partial charge is 0.325 e. The number of anilines is 1. The lowest BCUT2D eigenvalue weighted by Crippen LogP contribution is -2.42. The summed E-state index contributed by atoms with van der Waals surface area (Å²) in [6.07, 6.45) is 0. The SMILES string of the molecule is Cc1nnc([C@H](C)N2C[C@@H](C#N)[C@]3(C2)C(=O)Nc2ccccc23)s1. The lowest BCUT2D eigenvalue weighted by molar-refractivity contribution is -0.121. The van der Waals surface area contributed by atoms with Gasteiger partial charge in [0.25, 0.3) is 0 Å². The Kier molecular flexibility index (Phi) is 3.41. The third-order valence-corrected chi connectivity index (χ3v) is 6.14. The Morgan fingerprint density at radius 1 is 1.46 bits per heavy atom. The Morgan fingerprint density at radius 2 is 2.25 bits per heavy atom. The molecule has 1 aromatic carbocycles. The molecule has 0 unspecified atom stereocenters. The number of amides is 1. The number of fused-ring (bicyclic) bond motifs is 2. The van der Waals surface area contributed by atoms with Crippen molar-refractivity contribution in [1.82, 2.24) is 15.1 Å². The lowest BCUT2D eigenvalue weighted by Gasteiger charge is -2.26. The van der Waals surface area contributed by atoms with E-state index in [9.17, 15) is 10.1 Å². The summed E-state index contributed by atoms with van der Waals surface area (Å²) in [5, 5.41) is 22.8. The van der Waals surface area contributed by atoms with Gasteiger partial charge in [-0.3, -0.25) is 9.69 Å². The predicted octanol–water partition coefficient (Wildman–Crippen LogP) is 2.25. The van der Waals surface area contributed by atoms with Gasteiger partial charge in [0.15, 0.2) is 0 Å². The van der Waals surface area contributed by atoms with Crippen LogP contribution in [0, 0.1) is 24.2 Å². The normalized spacial score (nSPS) is 27.0. The molecule has 0 aliphatic carbocycles. The number of carbonyl (C=O) groups excluding carboxylic acids is 1. The standard InChI is InChI=1S/C17H17N5OS/c1-10(15-21-20-11(2)24-15)22-8-12(7-18)17(9-22)13-5-3-4-6-14(13)19-16(17)23/h3-6,10,12H,8-9H2,1-2H3,(H,19,23)/t10-,12+,17-/m0/s1. The van der Waals surface area contributed by atoms with Crippen LogP contribution in [-0.4, -0.2) is 34.1 Å². The molecule has 1 N–H and O–H groups in total. The number of likely N-dealkylation sites (tertiary alicyclic amines) is 1. The van der Waals surface area contributed by atoms with Gasteiger partial charge < -0.3 is 5.32 Å². The number of hydrogen-bond donors (Lipinski definition) is 1. The van der Waals surface area contributed by atoms with Gasteiger partial charge >= 0.3 is 0 Å². The maximum Gasteiger partial charge on any atom is 0.237 e. The number of nitrogens with zero attached hydrogens (tertiary/aromatic N) is 4. The van der Waals surface area contributed by atoms with Crippen LogP contribution in [0.4, 0.5) is 5.69 Å². The fraction of sp³-hybridized carbons (Fsp3) is 0.412. The van der Waals surface area contributed by atoms with Crippen LogP contribution in [0.25, 0.3) is 0 Å². The molecule has 1 aromatic heterocycles. The average molecular weight is 339 g/mol. The number of aromatic nitrogens is 2. The van der Waals surface area contributed by atoms with Crippen LogP contribution in [0.2, 0.25) is 0 Å². The summed E-state index contributed by atoms with van der Waals surface area (Å²) >= 11 is 1.56. The molecule has 2 aromatic rings. The molecule has 0 radical (unpaired) electrons. The number of para-hydroxylation sites is 1. The first-order valence-corrected chi connectivity index (χ1v) is 8.72. The molecule has 0 bridgehead atoms. The Bertz CT molecular complexity index is 857. The van der Waals surface area contributed by atoms with Crippen molar-refractivity contribution >= 4 is 22.9 Å². The number of rotatable bonds is 2. The highest BCUT2D eigenvalue weighted by Gasteiger charge is 2.58. The average Bonchev–Trinajstić information content (AvgIpc) is 3.25. The van der Waals surface area contributed by atoms with Gasteiger partial charge in [0.05, 0.1) is 18.0 Å². The number of nitriles is 1. The zero-order valence-electron chi connectivity index (χ0n) is 13.5. The highest BCUT2D eigenvalue weighted by Crippen LogP contribution is 2.48. The molecule has 1 fully saturated rings. The molecule has 2 aliphatic rings. The maximum atomic E-state index is 12.8. The van der Waals surface area contributed by atoms with Crippen LogP contribution >= 0.6 is 11.3 Å². The van der Waals surface area contributed by atoms with Crippen molar-refractivity contribution in [2.24, 2.45) is 5.92 Å². The first-order chi connectivity index (χ1) is 11.6. The molecule has 1 saturated heterocycles. The van der Waals surface area contributed by atoms with E-state index in [1.54, 1.807) is 11.3 Å². The smallest absolute Gasteiger partial charge is 0.237 e. The topological polar surface area (TPSA) is 81.9 Å². The minimum Gasteiger partial charge on any atom is -0.325 e. The second kappa shape index (κ2) is 5.36. The van der Waals surface area contributed by atoms with Gasteiger partial charge in [-0.25, -0.2) is 0 Å². The predicted molar refractivity (Wildman–Crippen MR) is 90.5 cm³/mol. The van der Waals surface area contributed by atoms with Gasteiger partial charge in [-0.2, -0.15) is 5.26 Å². The summed E-state index contributed by atoms with van der Waals surface area (Å²) in [4.78, 5) is 15.0. The molecular weight excluding hydrogens is 322 g/mol. The number of nitrogens with one attached hydrogen (secondary N) is 1. The van der Waals surface area contributed by atoms with Gasteiger partial charge in [-0.15, -0.1) is 21.5 Å². The van der Waals surface area contributed by atoms with E-state index >= 15 is 0 Å². The van der Waals surface area contributed by atoms with Crippen molar-refractivity contribution in [1.29, 1.82) is 5.26 Å². The van der Waals surface area contributed by atoms with Crippen molar-refractivity contribution in [3.63, 3.8) is 0 Å². The van der Waals surface area contributed by atoms with Crippen molar-refractivity contribution in [2.45, 2.75) is 25.3 Å². The summed E-state index contributed by atoms with van der Waals surface area (Å²) in [5.41, 5.74) is 0.966. The number of hydrogen-bond acceptors (Lipinski definition) is 6. The van der Waals surface area contributed by atoms with E-state index in [1.165, 1.54) is 0 Å². The number of aryl methyl sites for hydroxylation is 1. The van der Waals surface area contributed by atoms with Gasteiger partial charge in [-0.05, 0) is 25.5 Å². The van der Waals surface area contributed by atoms with E-state index in [4.69, 9.17) is 0 Å².